The molecule has 0 aliphatic rings. The Kier molecular flexibility index (Phi) is 15.2. The summed E-state index contributed by atoms with van der Waals surface area (Å²) in [6.45, 7) is 6.83. The van der Waals surface area contributed by atoms with E-state index in [1.807, 2.05) is 0 Å². The van der Waals surface area contributed by atoms with Crippen molar-refractivity contribution >= 4 is 11.9 Å². The summed E-state index contributed by atoms with van der Waals surface area (Å²) >= 11 is 0. The van der Waals surface area contributed by atoms with Crippen LogP contribution in [0.3, 0.4) is 0 Å². The largest absolute Gasteiger partial charge is 0.458 e. The van der Waals surface area contributed by atoms with Crippen molar-refractivity contribution < 1.29 is 64.7 Å². The molecule has 1 aromatic rings. The lowest BCUT2D eigenvalue weighted by Crippen LogP contribution is -2.27. The summed E-state index contributed by atoms with van der Waals surface area (Å²) in [6.07, 6.45) is -0.491. The molecule has 0 aliphatic carbocycles. The minimum atomic E-state index is -2.35. The van der Waals surface area contributed by atoms with Crippen LogP contribution in [-0.2, 0) is 38.0 Å². The normalized spacial score (nSPS) is 11.6. The van der Waals surface area contributed by atoms with Crippen LogP contribution in [0.25, 0.3) is 0 Å². The fourth-order valence-electron chi connectivity index (χ4n) is 2.40. The first kappa shape index (κ1) is 32.6. The molecule has 37 heavy (non-hydrogen) atoms. The molecule has 0 atom stereocenters. The van der Waals surface area contributed by atoms with Gasteiger partial charge in [0.05, 0.1) is 65.9 Å². The Morgan fingerprint density at radius 3 is 1.38 bits per heavy atom. The van der Waals surface area contributed by atoms with Gasteiger partial charge in [-0.05, 0) is 20.8 Å². The molecule has 0 aliphatic heterocycles. The second-order valence-electron chi connectivity index (χ2n) is 8.21. The summed E-state index contributed by atoms with van der Waals surface area (Å²) in [5, 5.41) is 0. The van der Waals surface area contributed by atoms with Gasteiger partial charge < -0.3 is 33.2 Å². The zero-order chi connectivity index (χ0) is 27.8. The van der Waals surface area contributed by atoms with Crippen LogP contribution in [0.1, 0.15) is 27.2 Å². The van der Waals surface area contributed by atoms with Gasteiger partial charge in [0.15, 0.2) is 0 Å². The van der Waals surface area contributed by atoms with Gasteiger partial charge in [-0.15, -0.1) is 0 Å². The Hall–Kier alpha value is -2.39. The van der Waals surface area contributed by atoms with E-state index in [1.165, 1.54) is 0 Å². The molecule has 212 valence electrons. The van der Waals surface area contributed by atoms with E-state index >= 15 is 0 Å². The van der Waals surface area contributed by atoms with E-state index in [1.54, 1.807) is 20.8 Å². The summed E-state index contributed by atoms with van der Waals surface area (Å²) in [5.74, 6) is -14.6. The predicted octanol–water partition coefficient (Wildman–Crippen LogP) is 3.10. The standard InChI is InChI=1S/C23H31F5O9/c1-23(2,3)37-16(30)14-35-13-12-34-11-10-33-9-8-32-7-6-31-5-4-15(29)36-22-20(27)18(25)17(24)19(26)21(22)28/h4-14H2,1-3H3. The molecular weight excluding hydrogens is 515 g/mol. The minimum Gasteiger partial charge on any atom is -0.458 e. The van der Waals surface area contributed by atoms with Crippen molar-refractivity contribution in [3.63, 3.8) is 0 Å². The number of hydrogen-bond donors (Lipinski definition) is 0. The van der Waals surface area contributed by atoms with Crippen LogP contribution in [0, 0.1) is 29.1 Å². The Morgan fingerprint density at radius 2 is 0.946 bits per heavy atom. The molecule has 0 fully saturated rings. The molecule has 0 unspecified atom stereocenters. The topological polar surface area (TPSA) is 98.8 Å². The number of benzene rings is 1. The van der Waals surface area contributed by atoms with Gasteiger partial charge >= 0.3 is 11.9 Å². The monoisotopic (exact) mass is 546 g/mol. The molecule has 0 radical (unpaired) electrons. The van der Waals surface area contributed by atoms with Gasteiger partial charge in [-0.2, -0.15) is 8.78 Å². The van der Waals surface area contributed by atoms with Crippen molar-refractivity contribution in [2.24, 2.45) is 0 Å². The lowest BCUT2D eigenvalue weighted by molar-refractivity contribution is -0.160. The van der Waals surface area contributed by atoms with Crippen molar-refractivity contribution in [1.29, 1.82) is 0 Å². The Bertz CT molecular complexity index is 833. The highest BCUT2D eigenvalue weighted by Gasteiger charge is 2.28. The molecule has 0 N–H and O–H groups in total. The lowest BCUT2D eigenvalue weighted by atomic mass is 10.2. The van der Waals surface area contributed by atoms with Gasteiger partial charge in [-0.1, -0.05) is 0 Å². The highest BCUT2D eigenvalue weighted by molar-refractivity contribution is 5.72. The number of carbonyl (C=O) groups is 2. The highest BCUT2D eigenvalue weighted by atomic mass is 19.2. The quantitative estimate of drug-likeness (QED) is 0.0687. The maximum Gasteiger partial charge on any atom is 0.332 e. The molecular formula is C23H31F5O9. The van der Waals surface area contributed by atoms with Gasteiger partial charge in [-0.25, -0.2) is 18.0 Å². The molecule has 14 heteroatoms. The zero-order valence-electron chi connectivity index (χ0n) is 20.8. The van der Waals surface area contributed by atoms with Crippen LogP contribution < -0.4 is 4.74 Å². The van der Waals surface area contributed by atoms with E-state index in [-0.39, 0.29) is 52.9 Å². The Balaban J connectivity index is 1.96. The van der Waals surface area contributed by atoms with Gasteiger partial charge in [0.2, 0.25) is 34.8 Å². The van der Waals surface area contributed by atoms with E-state index in [2.05, 4.69) is 4.74 Å². The first-order chi connectivity index (χ1) is 17.4. The van der Waals surface area contributed by atoms with Gasteiger partial charge in [0, 0.05) is 0 Å². The maximum absolute atomic E-state index is 13.5. The average Bonchev–Trinajstić information content (AvgIpc) is 2.82. The number of rotatable bonds is 18. The third kappa shape index (κ3) is 13.6. The van der Waals surface area contributed by atoms with Gasteiger partial charge in [-0.3, -0.25) is 4.79 Å². The van der Waals surface area contributed by atoms with Crippen LogP contribution in [0.4, 0.5) is 22.0 Å². The number of carbonyl (C=O) groups excluding carboxylic acids is 2. The zero-order valence-corrected chi connectivity index (χ0v) is 20.8. The van der Waals surface area contributed by atoms with Crippen molar-refractivity contribution in [2.75, 3.05) is 66.1 Å². The maximum atomic E-state index is 13.5. The smallest absolute Gasteiger partial charge is 0.332 e. The Morgan fingerprint density at radius 1 is 0.568 bits per heavy atom. The molecule has 0 saturated carbocycles. The number of ether oxygens (including phenoxy) is 7. The van der Waals surface area contributed by atoms with Crippen LogP contribution in [0.2, 0.25) is 0 Å². The second-order valence-corrected chi connectivity index (χ2v) is 8.21. The third-order valence-electron chi connectivity index (χ3n) is 3.96. The Labute approximate surface area is 211 Å². The van der Waals surface area contributed by atoms with Crippen LogP contribution >= 0.6 is 0 Å². The van der Waals surface area contributed by atoms with Gasteiger partial charge in [0.1, 0.15) is 12.2 Å². The van der Waals surface area contributed by atoms with E-state index < -0.39 is 58.8 Å². The molecule has 0 amide bonds. The summed E-state index contributed by atoms with van der Waals surface area (Å²) in [4.78, 5) is 23.0. The first-order valence-corrected chi connectivity index (χ1v) is 11.3. The van der Waals surface area contributed by atoms with Crippen molar-refractivity contribution in [3.8, 4) is 5.75 Å². The number of hydrogen-bond acceptors (Lipinski definition) is 9. The van der Waals surface area contributed by atoms with Crippen molar-refractivity contribution in [3.05, 3.63) is 29.1 Å². The number of halogens is 5. The van der Waals surface area contributed by atoms with Crippen molar-refractivity contribution in [2.45, 2.75) is 32.8 Å². The summed E-state index contributed by atoms with van der Waals surface area (Å²) < 4.78 is 101. The summed E-state index contributed by atoms with van der Waals surface area (Å²) in [6, 6.07) is 0. The summed E-state index contributed by atoms with van der Waals surface area (Å²) in [5.41, 5.74) is -0.562. The molecule has 9 nitrogen and oxygen atoms in total. The number of esters is 2. The highest BCUT2D eigenvalue weighted by Crippen LogP contribution is 2.29. The molecule has 1 aromatic carbocycles. The fourth-order valence-corrected chi connectivity index (χ4v) is 2.40. The molecule has 1 rings (SSSR count). The first-order valence-electron chi connectivity index (χ1n) is 11.3. The fraction of sp³-hybridized carbons (Fsp3) is 0.652. The molecule has 0 aromatic heterocycles. The molecule has 0 bridgehead atoms. The lowest BCUT2D eigenvalue weighted by Gasteiger charge is -2.19. The van der Waals surface area contributed by atoms with Crippen molar-refractivity contribution in [1.82, 2.24) is 0 Å². The van der Waals surface area contributed by atoms with E-state index in [9.17, 15) is 31.5 Å². The minimum absolute atomic E-state index is 0.0716. The van der Waals surface area contributed by atoms with Crippen LogP contribution in [0.15, 0.2) is 0 Å². The average molecular weight is 546 g/mol. The van der Waals surface area contributed by atoms with E-state index in [4.69, 9.17) is 28.4 Å². The van der Waals surface area contributed by atoms with E-state index in [0.29, 0.717) is 13.2 Å². The van der Waals surface area contributed by atoms with Crippen LogP contribution in [-0.4, -0.2) is 83.6 Å². The molecule has 0 spiro atoms. The third-order valence-corrected chi connectivity index (χ3v) is 3.96. The molecule has 0 saturated heterocycles. The molecule has 0 heterocycles. The van der Waals surface area contributed by atoms with Gasteiger partial charge in [0.25, 0.3) is 0 Å². The second kappa shape index (κ2) is 17.2. The SMILES string of the molecule is CC(C)(C)OC(=O)COCCOCCOCCOCCOCCC(=O)Oc1c(F)c(F)c(F)c(F)c1F. The summed E-state index contributed by atoms with van der Waals surface area (Å²) in [7, 11) is 0. The predicted molar refractivity (Wildman–Crippen MR) is 116 cm³/mol. The van der Waals surface area contributed by atoms with E-state index in [0.717, 1.165) is 0 Å². The van der Waals surface area contributed by atoms with Crippen LogP contribution in [0.5, 0.6) is 5.75 Å².